The standard InChI is InChI=1S/C14H12N4/c1-2-11-5-7-18(14(11)15-6-1)12-8-16-13(17-9-12)10-3-4-10/h1-2,5-10H,3-4H2. The smallest absolute Gasteiger partial charge is 0.144 e. The molecule has 1 saturated carbocycles. The average molecular weight is 236 g/mol. The van der Waals surface area contributed by atoms with Crippen LogP contribution in [0.15, 0.2) is 43.0 Å². The minimum absolute atomic E-state index is 0.596. The zero-order valence-corrected chi connectivity index (χ0v) is 9.82. The molecule has 0 unspecified atom stereocenters. The number of pyridine rings is 1. The molecule has 0 N–H and O–H groups in total. The Balaban J connectivity index is 1.81. The van der Waals surface area contributed by atoms with Gasteiger partial charge < -0.3 is 0 Å². The van der Waals surface area contributed by atoms with Crippen LogP contribution in [0, 0.1) is 0 Å². The first-order valence-corrected chi connectivity index (χ1v) is 6.16. The maximum absolute atomic E-state index is 4.44. The molecule has 0 amide bonds. The van der Waals surface area contributed by atoms with Gasteiger partial charge in [0.25, 0.3) is 0 Å². The van der Waals surface area contributed by atoms with Crippen LogP contribution in [0.2, 0.25) is 0 Å². The monoisotopic (exact) mass is 236 g/mol. The van der Waals surface area contributed by atoms with E-state index in [1.54, 1.807) is 6.20 Å². The Labute approximate surface area is 104 Å². The number of nitrogens with zero attached hydrogens (tertiary/aromatic N) is 4. The van der Waals surface area contributed by atoms with Crippen LogP contribution in [0.4, 0.5) is 0 Å². The van der Waals surface area contributed by atoms with Gasteiger partial charge in [-0.15, -0.1) is 0 Å². The molecule has 1 aliphatic carbocycles. The minimum Gasteiger partial charge on any atom is -0.298 e. The summed E-state index contributed by atoms with van der Waals surface area (Å²) in [5.41, 5.74) is 1.91. The molecule has 3 heterocycles. The molecule has 4 heteroatoms. The van der Waals surface area contributed by atoms with E-state index in [0.29, 0.717) is 5.92 Å². The van der Waals surface area contributed by atoms with Crippen molar-refractivity contribution in [1.82, 2.24) is 19.5 Å². The highest BCUT2D eigenvalue weighted by Gasteiger charge is 2.26. The summed E-state index contributed by atoms with van der Waals surface area (Å²) in [7, 11) is 0. The van der Waals surface area contributed by atoms with E-state index < -0.39 is 0 Å². The summed E-state index contributed by atoms with van der Waals surface area (Å²) >= 11 is 0. The van der Waals surface area contributed by atoms with Crippen molar-refractivity contribution in [3.05, 3.63) is 48.8 Å². The van der Waals surface area contributed by atoms with Crippen molar-refractivity contribution in [2.24, 2.45) is 0 Å². The lowest BCUT2D eigenvalue weighted by molar-refractivity contribution is 0.907. The summed E-state index contributed by atoms with van der Waals surface area (Å²) in [6, 6.07) is 6.05. The van der Waals surface area contributed by atoms with E-state index >= 15 is 0 Å². The highest BCUT2D eigenvalue weighted by Crippen LogP contribution is 2.37. The summed E-state index contributed by atoms with van der Waals surface area (Å²) < 4.78 is 2.02. The van der Waals surface area contributed by atoms with Crippen LogP contribution in [0.3, 0.4) is 0 Å². The van der Waals surface area contributed by atoms with Gasteiger partial charge in [0.15, 0.2) is 0 Å². The van der Waals surface area contributed by atoms with E-state index in [0.717, 1.165) is 22.5 Å². The Kier molecular flexibility index (Phi) is 1.97. The van der Waals surface area contributed by atoms with Gasteiger partial charge in [-0.3, -0.25) is 4.57 Å². The van der Waals surface area contributed by atoms with Gasteiger partial charge in [0.1, 0.15) is 11.5 Å². The molecule has 0 atom stereocenters. The number of aromatic nitrogens is 4. The van der Waals surface area contributed by atoms with Crippen LogP contribution >= 0.6 is 0 Å². The maximum Gasteiger partial charge on any atom is 0.144 e. The van der Waals surface area contributed by atoms with Crippen LogP contribution in [0.5, 0.6) is 0 Å². The van der Waals surface area contributed by atoms with Gasteiger partial charge in [-0.2, -0.15) is 0 Å². The van der Waals surface area contributed by atoms with Crippen LogP contribution in [-0.2, 0) is 0 Å². The molecule has 3 aromatic heterocycles. The zero-order chi connectivity index (χ0) is 11.9. The van der Waals surface area contributed by atoms with Gasteiger partial charge in [0.05, 0.1) is 18.1 Å². The quantitative estimate of drug-likeness (QED) is 0.687. The summed E-state index contributed by atoms with van der Waals surface area (Å²) in [5.74, 6) is 1.57. The van der Waals surface area contributed by atoms with Crippen LogP contribution < -0.4 is 0 Å². The molecule has 0 saturated heterocycles. The molecule has 1 fully saturated rings. The molecule has 0 radical (unpaired) electrons. The number of fused-ring (bicyclic) bond motifs is 1. The second kappa shape index (κ2) is 3.63. The normalized spacial score (nSPS) is 15.1. The fraction of sp³-hybridized carbons (Fsp3) is 0.214. The maximum atomic E-state index is 4.44. The van der Waals surface area contributed by atoms with Crippen LogP contribution in [0.25, 0.3) is 16.7 Å². The van der Waals surface area contributed by atoms with Gasteiger partial charge >= 0.3 is 0 Å². The molecule has 4 rings (SSSR count). The van der Waals surface area contributed by atoms with Crippen molar-refractivity contribution in [3.63, 3.8) is 0 Å². The molecular formula is C14H12N4. The predicted octanol–water partition coefficient (Wildman–Crippen LogP) is 2.69. The molecular weight excluding hydrogens is 224 g/mol. The number of hydrogen-bond donors (Lipinski definition) is 0. The fourth-order valence-corrected chi connectivity index (χ4v) is 2.18. The predicted molar refractivity (Wildman–Crippen MR) is 68.6 cm³/mol. The third-order valence-electron chi connectivity index (χ3n) is 3.33. The Morgan fingerprint density at radius 3 is 2.67 bits per heavy atom. The average Bonchev–Trinajstić information content (AvgIpc) is 3.19. The molecule has 18 heavy (non-hydrogen) atoms. The van der Waals surface area contributed by atoms with E-state index in [2.05, 4.69) is 27.1 Å². The van der Waals surface area contributed by atoms with Crippen molar-refractivity contribution >= 4 is 11.0 Å². The Morgan fingerprint density at radius 2 is 1.89 bits per heavy atom. The van der Waals surface area contributed by atoms with Gasteiger partial charge in [-0.1, -0.05) is 0 Å². The SMILES string of the molecule is c1cnc2c(c1)ccn2-c1cnc(C2CC2)nc1. The highest BCUT2D eigenvalue weighted by molar-refractivity contribution is 5.77. The van der Waals surface area contributed by atoms with Gasteiger partial charge in [-0.05, 0) is 31.0 Å². The Hall–Kier alpha value is -2.23. The molecule has 4 nitrogen and oxygen atoms in total. The second-order valence-corrected chi connectivity index (χ2v) is 4.68. The highest BCUT2D eigenvalue weighted by atomic mass is 15.1. The number of hydrogen-bond acceptors (Lipinski definition) is 3. The van der Waals surface area contributed by atoms with E-state index in [9.17, 15) is 0 Å². The van der Waals surface area contributed by atoms with Crippen molar-refractivity contribution in [1.29, 1.82) is 0 Å². The van der Waals surface area contributed by atoms with E-state index in [1.165, 1.54) is 12.8 Å². The number of rotatable bonds is 2. The third-order valence-corrected chi connectivity index (χ3v) is 3.33. The lowest BCUT2D eigenvalue weighted by Gasteiger charge is -2.04. The van der Waals surface area contributed by atoms with Crippen molar-refractivity contribution in [2.75, 3.05) is 0 Å². The molecule has 0 spiro atoms. The molecule has 0 aliphatic heterocycles. The first-order valence-electron chi connectivity index (χ1n) is 6.16. The topological polar surface area (TPSA) is 43.6 Å². The molecule has 0 bridgehead atoms. The van der Waals surface area contributed by atoms with E-state index in [-0.39, 0.29) is 0 Å². The van der Waals surface area contributed by atoms with Crippen LogP contribution in [-0.4, -0.2) is 19.5 Å². The summed E-state index contributed by atoms with van der Waals surface area (Å²) in [6.07, 6.45) is 10.0. The fourth-order valence-electron chi connectivity index (χ4n) is 2.18. The van der Waals surface area contributed by atoms with Crippen molar-refractivity contribution in [3.8, 4) is 5.69 Å². The largest absolute Gasteiger partial charge is 0.298 e. The lowest BCUT2D eigenvalue weighted by atomic mass is 10.3. The first kappa shape index (κ1) is 9.76. The van der Waals surface area contributed by atoms with Crippen molar-refractivity contribution < 1.29 is 0 Å². The molecule has 0 aromatic carbocycles. The van der Waals surface area contributed by atoms with Gasteiger partial charge in [-0.25, -0.2) is 15.0 Å². The van der Waals surface area contributed by atoms with Crippen LogP contribution in [0.1, 0.15) is 24.6 Å². The minimum atomic E-state index is 0.596. The summed E-state index contributed by atoms with van der Waals surface area (Å²) in [5, 5.41) is 1.13. The van der Waals surface area contributed by atoms with Gasteiger partial charge in [0.2, 0.25) is 0 Å². The zero-order valence-electron chi connectivity index (χ0n) is 9.82. The van der Waals surface area contributed by atoms with E-state index in [4.69, 9.17) is 0 Å². The van der Waals surface area contributed by atoms with Crippen molar-refractivity contribution in [2.45, 2.75) is 18.8 Å². The Bertz CT molecular complexity index is 695. The molecule has 1 aliphatic rings. The summed E-state index contributed by atoms with van der Waals surface area (Å²) in [4.78, 5) is 13.3. The molecule has 3 aromatic rings. The second-order valence-electron chi connectivity index (χ2n) is 4.68. The third kappa shape index (κ3) is 1.49. The first-order chi connectivity index (χ1) is 8.92. The lowest BCUT2D eigenvalue weighted by Crippen LogP contribution is -1.98. The van der Waals surface area contributed by atoms with E-state index in [1.807, 2.05) is 29.2 Å². The van der Waals surface area contributed by atoms with Gasteiger partial charge in [0, 0.05) is 23.7 Å². The summed E-state index contributed by atoms with van der Waals surface area (Å²) in [6.45, 7) is 0. The molecule has 88 valence electrons. The Morgan fingerprint density at radius 1 is 1.06 bits per heavy atom.